The topological polar surface area (TPSA) is 29.9 Å². The van der Waals surface area contributed by atoms with Crippen LogP contribution in [0.4, 0.5) is 17.6 Å². The smallest absolute Gasteiger partial charge is 0.280 e. The normalized spacial score (nSPS) is 11.3. The fourth-order valence-electron chi connectivity index (χ4n) is 1.80. The maximum absolute atomic E-state index is 13.6. The standard InChI is InChI=1S/C12H11F4N3/c1-17-5-7-6-18-19(11(7)12(15)16)10-3-2-8(13)4-9(10)14/h2-4,6,12,17H,5H2,1H3. The van der Waals surface area contributed by atoms with Crippen molar-refractivity contribution in [1.29, 1.82) is 0 Å². The Bertz CT molecular complexity index is 580. The molecule has 0 aliphatic carbocycles. The van der Waals surface area contributed by atoms with Gasteiger partial charge in [-0.3, -0.25) is 0 Å². The molecule has 1 N–H and O–H groups in total. The van der Waals surface area contributed by atoms with Gasteiger partial charge in [-0.15, -0.1) is 0 Å². The number of benzene rings is 1. The highest BCUT2D eigenvalue weighted by Gasteiger charge is 2.22. The second kappa shape index (κ2) is 5.40. The Kier molecular flexibility index (Phi) is 3.84. The van der Waals surface area contributed by atoms with Crippen LogP contribution in [-0.2, 0) is 6.54 Å². The van der Waals surface area contributed by atoms with Gasteiger partial charge < -0.3 is 5.32 Å². The monoisotopic (exact) mass is 273 g/mol. The second-order valence-corrected chi connectivity index (χ2v) is 3.89. The molecule has 0 saturated heterocycles. The van der Waals surface area contributed by atoms with Crippen molar-refractivity contribution >= 4 is 0 Å². The summed E-state index contributed by atoms with van der Waals surface area (Å²) in [5.41, 5.74) is -0.347. The Morgan fingerprint density at radius 2 is 2.05 bits per heavy atom. The Morgan fingerprint density at radius 1 is 1.32 bits per heavy atom. The van der Waals surface area contributed by atoms with Gasteiger partial charge in [-0.1, -0.05) is 0 Å². The van der Waals surface area contributed by atoms with Gasteiger partial charge in [0, 0.05) is 18.2 Å². The van der Waals surface area contributed by atoms with E-state index in [4.69, 9.17) is 0 Å². The van der Waals surface area contributed by atoms with E-state index in [9.17, 15) is 17.6 Å². The van der Waals surface area contributed by atoms with Crippen molar-refractivity contribution in [2.45, 2.75) is 13.0 Å². The van der Waals surface area contributed by atoms with E-state index in [2.05, 4.69) is 10.4 Å². The SMILES string of the molecule is CNCc1cnn(-c2ccc(F)cc2F)c1C(F)F. The lowest BCUT2D eigenvalue weighted by Crippen LogP contribution is -2.10. The molecule has 0 radical (unpaired) electrons. The zero-order chi connectivity index (χ0) is 14.0. The van der Waals surface area contributed by atoms with Crippen LogP contribution >= 0.6 is 0 Å². The van der Waals surface area contributed by atoms with Crippen molar-refractivity contribution in [3.8, 4) is 5.69 Å². The quantitative estimate of drug-likeness (QED) is 0.868. The van der Waals surface area contributed by atoms with Crippen molar-refractivity contribution in [2.24, 2.45) is 0 Å². The van der Waals surface area contributed by atoms with Crippen LogP contribution < -0.4 is 5.32 Å². The summed E-state index contributed by atoms with van der Waals surface area (Å²) in [5.74, 6) is -1.72. The van der Waals surface area contributed by atoms with Crippen LogP contribution in [0.3, 0.4) is 0 Å². The molecule has 0 spiro atoms. The third-order valence-corrected chi connectivity index (χ3v) is 2.60. The molecule has 2 aromatic rings. The number of rotatable bonds is 4. The molecule has 1 aromatic carbocycles. The highest BCUT2D eigenvalue weighted by molar-refractivity contribution is 5.37. The number of halogens is 4. The minimum absolute atomic E-state index is 0.183. The van der Waals surface area contributed by atoms with Gasteiger partial charge in [0.05, 0.1) is 6.20 Å². The number of hydrogen-bond donors (Lipinski definition) is 1. The summed E-state index contributed by atoms with van der Waals surface area (Å²) < 4.78 is 53.3. The van der Waals surface area contributed by atoms with E-state index in [0.717, 1.165) is 16.8 Å². The summed E-state index contributed by atoms with van der Waals surface area (Å²) in [6.45, 7) is 0.183. The maximum atomic E-state index is 13.6. The molecule has 1 aromatic heterocycles. The molecule has 0 aliphatic heterocycles. The van der Waals surface area contributed by atoms with Gasteiger partial charge in [-0.05, 0) is 19.2 Å². The molecule has 3 nitrogen and oxygen atoms in total. The largest absolute Gasteiger partial charge is 0.316 e. The van der Waals surface area contributed by atoms with Crippen molar-refractivity contribution in [3.05, 3.63) is 47.3 Å². The summed E-state index contributed by atoms with van der Waals surface area (Å²) in [6, 6.07) is 2.70. The van der Waals surface area contributed by atoms with Gasteiger partial charge in [-0.2, -0.15) is 5.10 Å². The predicted molar refractivity (Wildman–Crippen MR) is 61.2 cm³/mol. The summed E-state index contributed by atoms with van der Waals surface area (Å²) in [7, 11) is 1.60. The lowest BCUT2D eigenvalue weighted by atomic mass is 10.2. The molecule has 0 unspecified atom stereocenters. The Morgan fingerprint density at radius 3 is 2.63 bits per heavy atom. The van der Waals surface area contributed by atoms with Gasteiger partial charge in [0.1, 0.15) is 17.2 Å². The molecule has 0 fully saturated rings. The van der Waals surface area contributed by atoms with Crippen LogP contribution in [0.1, 0.15) is 17.7 Å². The van der Waals surface area contributed by atoms with Crippen LogP contribution in [0.2, 0.25) is 0 Å². The molecule has 0 amide bonds. The van der Waals surface area contributed by atoms with Crippen LogP contribution in [0.15, 0.2) is 24.4 Å². The number of nitrogens with one attached hydrogen (secondary N) is 1. The lowest BCUT2D eigenvalue weighted by Gasteiger charge is -2.09. The minimum atomic E-state index is -2.81. The first kappa shape index (κ1) is 13.5. The molecule has 102 valence electrons. The molecule has 19 heavy (non-hydrogen) atoms. The number of nitrogens with zero attached hydrogens (tertiary/aromatic N) is 2. The van der Waals surface area contributed by atoms with Gasteiger partial charge >= 0.3 is 0 Å². The molecule has 0 aliphatic rings. The molecule has 0 saturated carbocycles. The Labute approximate surface area is 106 Å². The van der Waals surface area contributed by atoms with E-state index in [1.54, 1.807) is 7.05 Å². The molecular formula is C12H11F4N3. The molecule has 2 rings (SSSR count). The van der Waals surface area contributed by atoms with Crippen molar-refractivity contribution in [2.75, 3.05) is 7.05 Å². The molecular weight excluding hydrogens is 262 g/mol. The lowest BCUT2D eigenvalue weighted by molar-refractivity contribution is 0.141. The van der Waals surface area contributed by atoms with E-state index in [1.165, 1.54) is 6.20 Å². The summed E-state index contributed by atoms with van der Waals surface area (Å²) in [5, 5.41) is 6.48. The van der Waals surface area contributed by atoms with E-state index in [0.29, 0.717) is 6.07 Å². The highest BCUT2D eigenvalue weighted by atomic mass is 19.3. The second-order valence-electron chi connectivity index (χ2n) is 3.89. The highest BCUT2D eigenvalue weighted by Crippen LogP contribution is 2.27. The fourth-order valence-corrected chi connectivity index (χ4v) is 1.80. The van der Waals surface area contributed by atoms with E-state index in [1.807, 2.05) is 0 Å². The van der Waals surface area contributed by atoms with Gasteiger partial charge in [-0.25, -0.2) is 22.2 Å². The number of hydrogen-bond acceptors (Lipinski definition) is 2. The first-order valence-electron chi connectivity index (χ1n) is 5.49. The van der Waals surface area contributed by atoms with Gasteiger partial charge in [0.2, 0.25) is 0 Å². The van der Waals surface area contributed by atoms with Crippen LogP contribution in [-0.4, -0.2) is 16.8 Å². The molecule has 1 heterocycles. The summed E-state index contributed by atoms with van der Waals surface area (Å²) in [6.07, 6.45) is -1.57. The molecule has 7 heteroatoms. The third kappa shape index (κ3) is 2.60. The predicted octanol–water partition coefficient (Wildman–Crippen LogP) is 2.81. The first-order chi connectivity index (χ1) is 9.04. The summed E-state index contributed by atoms with van der Waals surface area (Å²) >= 11 is 0. The van der Waals surface area contributed by atoms with Crippen LogP contribution in [0, 0.1) is 11.6 Å². The van der Waals surface area contributed by atoms with Crippen LogP contribution in [0.25, 0.3) is 5.69 Å². The Hall–Kier alpha value is -1.89. The molecule has 0 atom stereocenters. The van der Waals surface area contributed by atoms with Crippen molar-refractivity contribution in [3.63, 3.8) is 0 Å². The van der Waals surface area contributed by atoms with Crippen molar-refractivity contribution in [1.82, 2.24) is 15.1 Å². The zero-order valence-electron chi connectivity index (χ0n) is 10.0. The molecule has 0 bridgehead atoms. The average molecular weight is 273 g/mol. The number of aromatic nitrogens is 2. The maximum Gasteiger partial charge on any atom is 0.280 e. The average Bonchev–Trinajstić information content (AvgIpc) is 2.73. The summed E-state index contributed by atoms with van der Waals surface area (Å²) in [4.78, 5) is 0. The van der Waals surface area contributed by atoms with Crippen LogP contribution in [0.5, 0.6) is 0 Å². The van der Waals surface area contributed by atoms with Gasteiger partial charge in [0.25, 0.3) is 6.43 Å². The minimum Gasteiger partial charge on any atom is -0.316 e. The third-order valence-electron chi connectivity index (χ3n) is 2.60. The number of alkyl halides is 2. The van der Waals surface area contributed by atoms with E-state index >= 15 is 0 Å². The van der Waals surface area contributed by atoms with E-state index < -0.39 is 23.8 Å². The van der Waals surface area contributed by atoms with Gasteiger partial charge in [0.15, 0.2) is 5.82 Å². The fraction of sp³-hybridized carbons (Fsp3) is 0.250. The van der Waals surface area contributed by atoms with Crippen molar-refractivity contribution < 1.29 is 17.6 Å². The Balaban J connectivity index is 2.55. The van der Waals surface area contributed by atoms with E-state index in [-0.39, 0.29) is 17.8 Å². The zero-order valence-corrected chi connectivity index (χ0v) is 10.0. The first-order valence-corrected chi connectivity index (χ1v) is 5.49.